The molecule has 0 spiro atoms. The van der Waals surface area contributed by atoms with Crippen LogP contribution in [0.2, 0.25) is 0 Å². The van der Waals surface area contributed by atoms with Crippen molar-refractivity contribution in [3.63, 3.8) is 0 Å². The Bertz CT molecular complexity index is 541. The van der Waals surface area contributed by atoms with Crippen LogP contribution in [-0.2, 0) is 14.3 Å². The maximum Gasteiger partial charge on any atom is 0.313 e. The first-order valence-corrected chi connectivity index (χ1v) is 6.53. The lowest BCUT2D eigenvalue weighted by Gasteiger charge is -2.37. The predicted molar refractivity (Wildman–Crippen MR) is 67.8 cm³/mol. The van der Waals surface area contributed by atoms with Gasteiger partial charge in [0.1, 0.15) is 13.1 Å². The Labute approximate surface area is 117 Å². The number of rotatable bonds is 3. The minimum absolute atomic E-state index is 0.182. The molecule has 1 saturated heterocycles. The fourth-order valence-corrected chi connectivity index (χ4v) is 3.35. The van der Waals surface area contributed by atoms with Crippen LogP contribution in [0.5, 0.6) is 0 Å². The number of esters is 1. The molecule has 0 aromatic heterocycles. The van der Waals surface area contributed by atoms with Gasteiger partial charge in [0.05, 0.1) is 17.6 Å². The smallest absolute Gasteiger partial charge is 0.313 e. The van der Waals surface area contributed by atoms with Crippen molar-refractivity contribution in [2.45, 2.75) is 39.2 Å². The predicted octanol–water partition coefficient (Wildman–Crippen LogP) is 0.984. The van der Waals surface area contributed by atoms with Crippen molar-refractivity contribution >= 4 is 11.9 Å². The molecule has 1 heterocycles. The van der Waals surface area contributed by atoms with Crippen molar-refractivity contribution in [3.8, 4) is 12.1 Å². The van der Waals surface area contributed by atoms with E-state index in [-0.39, 0.29) is 19.1 Å². The third-order valence-corrected chi connectivity index (χ3v) is 5.24. The fraction of sp³-hybridized carbons (Fsp3) is 0.714. The highest BCUT2D eigenvalue weighted by Gasteiger charge is 2.76. The number of ether oxygens (including phenoxy) is 1. The first-order chi connectivity index (χ1) is 9.27. The van der Waals surface area contributed by atoms with E-state index in [9.17, 15) is 9.59 Å². The lowest BCUT2D eigenvalue weighted by molar-refractivity contribution is -0.173. The number of carbonyl (C=O) groups excluding carboxylic acids is 2. The van der Waals surface area contributed by atoms with Crippen molar-refractivity contribution in [1.29, 1.82) is 10.5 Å². The Morgan fingerprint density at radius 2 is 1.80 bits per heavy atom. The van der Waals surface area contributed by atoms with Crippen LogP contribution in [0.4, 0.5) is 0 Å². The van der Waals surface area contributed by atoms with E-state index < -0.39 is 22.3 Å². The SMILES string of the molecule is CC1(C)[C@@]2(C(=O)N(CC#N)CC#N)CC[C@]1(C)C(=O)O2. The van der Waals surface area contributed by atoms with Gasteiger partial charge in [0.2, 0.25) is 0 Å². The van der Waals surface area contributed by atoms with Gasteiger partial charge in [-0.1, -0.05) is 13.8 Å². The second-order valence-corrected chi connectivity index (χ2v) is 6.15. The number of nitrogens with zero attached hydrogens (tertiary/aromatic N) is 3. The largest absolute Gasteiger partial charge is 0.448 e. The molecule has 1 aliphatic carbocycles. The molecule has 2 bridgehead atoms. The highest BCUT2D eigenvalue weighted by atomic mass is 16.6. The number of nitriles is 2. The first-order valence-electron chi connectivity index (χ1n) is 6.53. The van der Waals surface area contributed by atoms with Crippen LogP contribution in [0.1, 0.15) is 33.6 Å². The summed E-state index contributed by atoms with van der Waals surface area (Å²) in [6.45, 7) is 5.15. The summed E-state index contributed by atoms with van der Waals surface area (Å²) in [6, 6.07) is 3.75. The molecular weight excluding hydrogens is 258 g/mol. The summed E-state index contributed by atoms with van der Waals surface area (Å²) in [4.78, 5) is 26.0. The molecule has 2 fully saturated rings. The van der Waals surface area contributed by atoms with Crippen LogP contribution in [0, 0.1) is 33.5 Å². The summed E-state index contributed by atoms with van der Waals surface area (Å²) in [7, 11) is 0. The lowest BCUT2D eigenvalue weighted by atomic mass is 9.66. The lowest BCUT2D eigenvalue weighted by Crippen LogP contribution is -2.55. The molecule has 2 atom stereocenters. The molecular formula is C14H17N3O3. The van der Waals surface area contributed by atoms with Gasteiger partial charge in [-0.05, 0) is 19.8 Å². The summed E-state index contributed by atoms with van der Waals surface area (Å²) in [5.41, 5.74) is -2.59. The summed E-state index contributed by atoms with van der Waals surface area (Å²) in [5, 5.41) is 17.6. The maximum atomic E-state index is 12.8. The van der Waals surface area contributed by atoms with Gasteiger partial charge >= 0.3 is 5.97 Å². The molecule has 0 unspecified atom stereocenters. The van der Waals surface area contributed by atoms with Gasteiger partial charge in [0.15, 0.2) is 5.60 Å². The number of fused-ring (bicyclic) bond motifs is 2. The van der Waals surface area contributed by atoms with E-state index in [2.05, 4.69) is 0 Å². The topological polar surface area (TPSA) is 94.2 Å². The van der Waals surface area contributed by atoms with Crippen molar-refractivity contribution < 1.29 is 14.3 Å². The number of carbonyl (C=O) groups is 2. The summed E-state index contributed by atoms with van der Waals surface area (Å²) < 4.78 is 5.45. The van der Waals surface area contributed by atoms with Crippen LogP contribution in [0.3, 0.4) is 0 Å². The van der Waals surface area contributed by atoms with Gasteiger partial charge in [-0.3, -0.25) is 9.59 Å². The Morgan fingerprint density at radius 1 is 1.25 bits per heavy atom. The summed E-state index contributed by atoms with van der Waals surface area (Å²) >= 11 is 0. The van der Waals surface area contributed by atoms with Gasteiger partial charge in [-0.25, -0.2) is 0 Å². The molecule has 6 heteroatoms. The van der Waals surface area contributed by atoms with Gasteiger partial charge in [0, 0.05) is 5.41 Å². The zero-order valence-corrected chi connectivity index (χ0v) is 11.9. The molecule has 0 aromatic carbocycles. The van der Waals surface area contributed by atoms with Crippen LogP contribution < -0.4 is 0 Å². The molecule has 1 saturated carbocycles. The zero-order valence-electron chi connectivity index (χ0n) is 11.9. The Morgan fingerprint density at radius 3 is 2.15 bits per heavy atom. The third kappa shape index (κ3) is 1.42. The van der Waals surface area contributed by atoms with E-state index >= 15 is 0 Å². The molecule has 0 radical (unpaired) electrons. The van der Waals surface area contributed by atoms with Gasteiger partial charge in [-0.15, -0.1) is 0 Å². The molecule has 6 nitrogen and oxygen atoms in total. The zero-order chi connectivity index (χ0) is 15.2. The van der Waals surface area contributed by atoms with Crippen molar-refractivity contribution in [2.24, 2.45) is 10.8 Å². The number of amides is 1. The van der Waals surface area contributed by atoms with Crippen molar-refractivity contribution in [1.82, 2.24) is 4.90 Å². The Kier molecular flexibility index (Phi) is 3.02. The molecule has 20 heavy (non-hydrogen) atoms. The molecule has 0 aromatic rings. The minimum Gasteiger partial charge on any atom is -0.448 e. The average Bonchev–Trinajstić information content (AvgIpc) is 2.68. The molecule has 0 N–H and O–H groups in total. The normalized spacial score (nSPS) is 33.1. The second-order valence-electron chi connectivity index (χ2n) is 6.15. The first kappa shape index (κ1) is 14.3. The summed E-state index contributed by atoms with van der Waals surface area (Å²) in [5.74, 6) is -0.795. The van der Waals surface area contributed by atoms with Crippen LogP contribution in [-0.4, -0.2) is 35.5 Å². The number of hydrogen-bond acceptors (Lipinski definition) is 5. The van der Waals surface area contributed by atoms with Crippen LogP contribution in [0.25, 0.3) is 0 Å². The average molecular weight is 275 g/mol. The van der Waals surface area contributed by atoms with Crippen LogP contribution >= 0.6 is 0 Å². The Hall–Kier alpha value is -2.08. The van der Waals surface area contributed by atoms with E-state index in [1.54, 1.807) is 0 Å². The van der Waals surface area contributed by atoms with Crippen molar-refractivity contribution in [3.05, 3.63) is 0 Å². The quantitative estimate of drug-likeness (QED) is 0.565. The molecule has 1 aliphatic heterocycles. The van der Waals surface area contributed by atoms with E-state index in [0.29, 0.717) is 12.8 Å². The molecule has 2 rings (SSSR count). The summed E-state index contributed by atoms with van der Waals surface area (Å²) in [6.07, 6.45) is 1.02. The second kappa shape index (κ2) is 4.21. The highest BCUT2D eigenvalue weighted by molar-refractivity contribution is 5.96. The molecule has 106 valence electrons. The van der Waals surface area contributed by atoms with Gasteiger partial charge in [-0.2, -0.15) is 10.5 Å². The van der Waals surface area contributed by atoms with Crippen LogP contribution in [0.15, 0.2) is 0 Å². The number of hydrogen-bond donors (Lipinski definition) is 0. The van der Waals surface area contributed by atoms with Gasteiger partial charge < -0.3 is 9.64 Å². The van der Waals surface area contributed by atoms with E-state index in [0.717, 1.165) is 4.90 Å². The standard InChI is InChI=1S/C14H17N3O3/c1-12(2)13(3)4-5-14(12,20-11(13)19)10(18)17(8-6-15)9-7-16/h4-5,8-9H2,1-3H3/t13-,14+/m1/s1. The highest BCUT2D eigenvalue weighted by Crippen LogP contribution is 2.65. The van der Waals surface area contributed by atoms with E-state index in [4.69, 9.17) is 15.3 Å². The third-order valence-electron chi connectivity index (χ3n) is 5.24. The molecule has 1 amide bonds. The maximum absolute atomic E-state index is 12.8. The molecule has 2 aliphatic rings. The Balaban J connectivity index is 2.42. The fourth-order valence-electron chi connectivity index (χ4n) is 3.35. The van der Waals surface area contributed by atoms with Gasteiger partial charge in [0.25, 0.3) is 5.91 Å². The minimum atomic E-state index is -1.24. The van der Waals surface area contributed by atoms with E-state index in [1.165, 1.54) is 0 Å². The van der Waals surface area contributed by atoms with Crippen molar-refractivity contribution in [2.75, 3.05) is 13.1 Å². The monoisotopic (exact) mass is 275 g/mol. The van der Waals surface area contributed by atoms with E-state index in [1.807, 2.05) is 32.9 Å².